The molecular weight excluding hydrogens is 232 g/mol. The van der Waals surface area contributed by atoms with E-state index in [-0.39, 0.29) is 0 Å². The van der Waals surface area contributed by atoms with Gasteiger partial charge in [-0.3, -0.25) is 5.10 Å². The molecule has 0 aromatic carbocycles. The van der Waals surface area contributed by atoms with Crippen LogP contribution in [-0.2, 0) is 20.5 Å². The number of hydrogen-bond donors (Lipinski definition) is 1. The van der Waals surface area contributed by atoms with Gasteiger partial charge in [0.25, 0.3) is 15.1 Å². The first-order chi connectivity index (χ1) is 6.35. The zero-order valence-corrected chi connectivity index (χ0v) is 9.00. The van der Waals surface area contributed by atoms with Gasteiger partial charge in [-0.1, -0.05) is 0 Å². The largest absolute Gasteiger partial charge is 0.322 e. The molecule has 14 heavy (non-hydrogen) atoms. The van der Waals surface area contributed by atoms with E-state index in [2.05, 4.69) is 10.1 Å². The molecule has 80 valence electrons. The number of H-pyrrole nitrogens is 1. The number of aromatic amines is 1. The molecule has 0 amide bonds. The first-order valence-corrected chi connectivity index (χ1v) is 5.82. The molecule has 1 aromatic rings. The Labute approximate surface area is 81.5 Å². The predicted octanol–water partition coefficient (Wildman–Crippen LogP) is -1.72. The summed E-state index contributed by atoms with van der Waals surface area (Å²) in [5, 5.41) is 2.10. The molecule has 1 aromatic heterocycles. The zero-order valence-electron chi connectivity index (χ0n) is 7.37. The van der Waals surface area contributed by atoms with Crippen LogP contribution in [0.1, 0.15) is 0 Å². The molecular formula is C4H8N4O4S2. The summed E-state index contributed by atoms with van der Waals surface area (Å²) in [6, 6.07) is 0. The van der Waals surface area contributed by atoms with Gasteiger partial charge in [0.1, 0.15) is 6.33 Å². The molecule has 0 bridgehead atoms. The van der Waals surface area contributed by atoms with Crippen LogP contribution in [0, 0.1) is 4.77 Å². The molecule has 0 atom stereocenters. The minimum absolute atomic E-state index is 0.435. The van der Waals surface area contributed by atoms with E-state index in [1.54, 1.807) is 0 Å². The topological polar surface area (TPSA) is 105 Å². The van der Waals surface area contributed by atoms with E-state index in [9.17, 15) is 16.8 Å². The van der Waals surface area contributed by atoms with E-state index < -0.39 is 25.3 Å². The minimum atomic E-state index is -3.73. The van der Waals surface area contributed by atoms with Gasteiger partial charge in [0, 0.05) is 14.1 Å². The second-order valence-corrected chi connectivity index (χ2v) is 5.36. The van der Waals surface area contributed by atoms with Gasteiger partial charge in [-0.2, -0.15) is 25.2 Å². The number of aromatic nitrogens is 3. The Morgan fingerprint density at radius 2 is 2.07 bits per heavy atom. The molecule has 1 rings (SSSR count). The molecule has 8 nitrogen and oxygen atoms in total. The maximum Gasteiger partial charge on any atom is 0.322 e. The quantitative estimate of drug-likeness (QED) is 0.619. The van der Waals surface area contributed by atoms with Crippen molar-refractivity contribution in [2.75, 3.05) is 14.1 Å². The van der Waals surface area contributed by atoms with E-state index in [1.165, 1.54) is 14.1 Å². The molecule has 1 N–H and O–H groups in total. The predicted molar refractivity (Wildman–Crippen MR) is 46.7 cm³/mol. The van der Waals surface area contributed by atoms with Crippen molar-refractivity contribution >= 4 is 20.5 Å². The monoisotopic (exact) mass is 240 g/mol. The summed E-state index contributed by atoms with van der Waals surface area (Å²) in [5.41, 5.74) is 0. The van der Waals surface area contributed by atoms with Crippen LogP contribution in [0.15, 0.2) is 6.33 Å². The van der Waals surface area contributed by atoms with Crippen LogP contribution < -0.4 is 0 Å². The maximum atomic E-state index is 11.4. The van der Waals surface area contributed by atoms with E-state index in [0.717, 1.165) is 10.6 Å². The normalized spacial score (nSPS) is 11.9. The second-order valence-electron chi connectivity index (χ2n) is 2.48. The molecule has 0 fully saturated rings. The Morgan fingerprint density at radius 3 is 2.43 bits per heavy atom. The highest BCUT2D eigenvalue weighted by molar-refractivity contribution is 7.87. The highest BCUT2D eigenvalue weighted by atomic mass is 32.2. The molecule has 0 radical (unpaired) electrons. The highest BCUT2D eigenvalue weighted by Crippen LogP contribution is 1.96. The molecule has 1 heterocycles. The SMILES string of the molecule is CN(C)S(=O)(=O)n1cnc(=S(=O)=O)[nH]1. The lowest BCUT2D eigenvalue weighted by Gasteiger charge is -2.09. The number of nitrogens with zero attached hydrogens (tertiary/aromatic N) is 3. The van der Waals surface area contributed by atoms with Crippen molar-refractivity contribution in [2.45, 2.75) is 0 Å². The van der Waals surface area contributed by atoms with Crippen molar-refractivity contribution in [3.8, 4) is 0 Å². The molecule has 0 aliphatic rings. The summed E-state index contributed by atoms with van der Waals surface area (Å²) >= 11 is 0. The molecule has 0 spiro atoms. The Kier molecular flexibility index (Phi) is 2.78. The fourth-order valence-electron chi connectivity index (χ4n) is 0.630. The van der Waals surface area contributed by atoms with Crippen molar-refractivity contribution in [2.24, 2.45) is 0 Å². The standard InChI is InChI=1S/C4H8N4O4S2/c1-7(2)14(11,12)8-3-5-4(6-8)13(9)10/h3,6H,1-2H3. The van der Waals surface area contributed by atoms with Crippen LogP contribution >= 0.6 is 0 Å². The Bertz CT molecular complexity index is 581. The van der Waals surface area contributed by atoms with Gasteiger partial charge in [0.05, 0.1) is 0 Å². The average Bonchev–Trinajstić information content (AvgIpc) is 2.51. The number of rotatable bonds is 2. The second kappa shape index (κ2) is 3.55. The molecule has 0 aliphatic carbocycles. The van der Waals surface area contributed by atoms with Crippen LogP contribution in [0.5, 0.6) is 0 Å². The van der Waals surface area contributed by atoms with Gasteiger partial charge in [-0.15, -0.1) is 0 Å². The summed E-state index contributed by atoms with van der Waals surface area (Å²) in [7, 11) is -3.67. The third-order valence-corrected chi connectivity index (χ3v) is 3.47. The molecule has 0 saturated heterocycles. The van der Waals surface area contributed by atoms with Crippen LogP contribution in [0.3, 0.4) is 0 Å². The summed E-state index contributed by atoms with van der Waals surface area (Å²) in [6.45, 7) is 0. The van der Waals surface area contributed by atoms with Crippen molar-refractivity contribution < 1.29 is 16.8 Å². The molecule has 10 heteroatoms. The van der Waals surface area contributed by atoms with E-state index >= 15 is 0 Å². The Hall–Kier alpha value is -1.13. The van der Waals surface area contributed by atoms with Crippen molar-refractivity contribution in [1.82, 2.24) is 18.5 Å². The van der Waals surface area contributed by atoms with Gasteiger partial charge in [0.15, 0.2) is 0 Å². The van der Waals surface area contributed by atoms with Gasteiger partial charge >= 0.3 is 10.2 Å². The van der Waals surface area contributed by atoms with Crippen LogP contribution in [-0.4, -0.2) is 49.4 Å². The fraction of sp³-hybridized carbons (Fsp3) is 0.500. The third kappa shape index (κ3) is 1.86. The summed E-state index contributed by atoms with van der Waals surface area (Å²) in [4.78, 5) is 3.35. The van der Waals surface area contributed by atoms with Gasteiger partial charge in [-0.05, 0) is 0 Å². The Morgan fingerprint density at radius 1 is 1.50 bits per heavy atom. The average molecular weight is 240 g/mol. The summed E-state index contributed by atoms with van der Waals surface area (Å²) < 4.78 is 44.7. The van der Waals surface area contributed by atoms with Crippen molar-refractivity contribution in [3.63, 3.8) is 0 Å². The maximum absolute atomic E-state index is 11.4. The molecule has 0 unspecified atom stereocenters. The van der Waals surface area contributed by atoms with E-state index in [4.69, 9.17) is 0 Å². The molecule has 0 aliphatic heterocycles. The molecule has 0 saturated carbocycles. The van der Waals surface area contributed by atoms with Gasteiger partial charge < -0.3 is 0 Å². The van der Waals surface area contributed by atoms with Crippen molar-refractivity contribution in [3.05, 3.63) is 11.1 Å². The lowest BCUT2D eigenvalue weighted by molar-refractivity contribution is 0.503. The van der Waals surface area contributed by atoms with E-state index in [1.807, 2.05) is 0 Å². The smallest absolute Gasteiger partial charge is 0.252 e. The van der Waals surface area contributed by atoms with Crippen molar-refractivity contribution in [1.29, 1.82) is 0 Å². The first kappa shape index (κ1) is 10.9. The van der Waals surface area contributed by atoms with Gasteiger partial charge in [-0.25, -0.2) is 4.98 Å². The summed E-state index contributed by atoms with van der Waals surface area (Å²) in [6.07, 6.45) is 0.875. The first-order valence-electron chi connectivity index (χ1n) is 3.34. The third-order valence-electron chi connectivity index (χ3n) is 1.35. The lowest BCUT2D eigenvalue weighted by Crippen LogP contribution is -2.29. The zero-order chi connectivity index (χ0) is 10.9. The minimum Gasteiger partial charge on any atom is -0.252 e. The lowest BCUT2D eigenvalue weighted by atomic mass is 11.3. The van der Waals surface area contributed by atoms with E-state index in [0.29, 0.717) is 4.09 Å². The van der Waals surface area contributed by atoms with Crippen LogP contribution in [0.4, 0.5) is 0 Å². The van der Waals surface area contributed by atoms with Crippen LogP contribution in [0.2, 0.25) is 0 Å². The van der Waals surface area contributed by atoms with Gasteiger partial charge in [0.2, 0.25) is 0 Å². The van der Waals surface area contributed by atoms with Crippen LogP contribution in [0.25, 0.3) is 0 Å². The number of hydrogen-bond acceptors (Lipinski definition) is 5. The highest BCUT2D eigenvalue weighted by Gasteiger charge is 2.15. The summed E-state index contributed by atoms with van der Waals surface area (Å²) in [5.74, 6) is 0. The Balaban J connectivity index is 3.46. The number of nitrogens with one attached hydrogen (secondary N) is 1. The fourth-order valence-corrected chi connectivity index (χ4v) is 1.71.